The molecule has 0 saturated carbocycles. The Hall–Kier alpha value is -1.60. The van der Waals surface area contributed by atoms with Crippen LogP contribution in [0.3, 0.4) is 0 Å². The summed E-state index contributed by atoms with van der Waals surface area (Å²) in [6.07, 6.45) is 1.70. The number of hydrogen-bond donors (Lipinski definition) is 1. The normalized spacial score (nSPS) is 11.4. The van der Waals surface area contributed by atoms with Gasteiger partial charge in [0, 0.05) is 22.8 Å². The van der Waals surface area contributed by atoms with Crippen molar-refractivity contribution in [1.29, 1.82) is 0 Å². The zero-order chi connectivity index (χ0) is 16.4. The molecule has 0 fully saturated rings. The summed E-state index contributed by atoms with van der Waals surface area (Å²) in [6, 6.07) is 11.5. The number of benzene rings is 2. The van der Waals surface area contributed by atoms with E-state index >= 15 is 0 Å². The van der Waals surface area contributed by atoms with Gasteiger partial charge in [0.05, 0.1) is 10.0 Å². The average molecular weight is 385 g/mol. The molecular formula is C15H10Cl2N2O2S2. The smallest absolute Gasteiger partial charge is 0.263 e. The first-order valence-electron chi connectivity index (χ1n) is 6.44. The second kappa shape index (κ2) is 6.49. The summed E-state index contributed by atoms with van der Waals surface area (Å²) in [5.41, 5.74) is 1.26. The standard InChI is InChI=1S/C15H10Cl2N2O2S2/c16-12-5-2-6-13(14(12)17)23(20,21)19-11-4-1-3-10(9-11)15-18-7-8-22-15/h1-9,19H. The molecule has 3 rings (SSSR count). The molecule has 118 valence electrons. The number of aromatic nitrogens is 1. The van der Waals surface area contributed by atoms with E-state index < -0.39 is 10.0 Å². The maximum Gasteiger partial charge on any atom is 0.263 e. The van der Waals surface area contributed by atoms with Crippen LogP contribution in [0.15, 0.2) is 58.9 Å². The van der Waals surface area contributed by atoms with Gasteiger partial charge in [0.1, 0.15) is 9.90 Å². The summed E-state index contributed by atoms with van der Waals surface area (Å²) in [5, 5.41) is 2.86. The zero-order valence-corrected chi connectivity index (χ0v) is 14.7. The van der Waals surface area contributed by atoms with Gasteiger partial charge in [-0.05, 0) is 24.3 Å². The molecule has 1 heterocycles. The summed E-state index contributed by atoms with van der Waals surface area (Å²) < 4.78 is 27.5. The summed E-state index contributed by atoms with van der Waals surface area (Å²) in [7, 11) is -3.84. The van der Waals surface area contributed by atoms with Crippen LogP contribution in [0.5, 0.6) is 0 Å². The van der Waals surface area contributed by atoms with Gasteiger partial charge in [0.25, 0.3) is 10.0 Å². The van der Waals surface area contributed by atoms with Crippen LogP contribution in [0, 0.1) is 0 Å². The first-order chi connectivity index (χ1) is 11.0. The number of thiazole rings is 1. The Morgan fingerprint density at radius 1 is 1.09 bits per heavy atom. The average Bonchev–Trinajstić information content (AvgIpc) is 3.04. The SMILES string of the molecule is O=S(=O)(Nc1cccc(-c2nccs2)c1)c1cccc(Cl)c1Cl. The molecule has 1 N–H and O–H groups in total. The van der Waals surface area contributed by atoms with Crippen molar-refractivity contribution in [1.82, 2.24) is 4.98 Å². The molecule has 0 aliphatic rings. The maximum absolute atomic E-state index is 12.5. The molecule has 23 heavy (non-hydrogen) atoms. The van der Waals surface area contributed by atoms with Crippen molar-refractivity contribution in [3.05, 3.63) is 64.1 Å². The predicted molar refractivity (Wildman–Crippen MR) is 94.8 cm³/mol. The molecule has 0 amide bonds. The highest BCUT2D eigenvalue weighted by molar-refractivity contribution is 7.92. The van der Waals surface area contributed by atoms with E-state index in [-0.39, 0.29) is 14.9 Å². The molecule has 0 radical (unpaired) electrons. The van der Waals surface area contributed by atoms with Crippen molar-refractivity contribution in [3.63, 3.8) is 0 Å². The van der Waals surface area contributed by atoms with Gasteiger partial charge >= 0.3 is 0 Å². The Bertz CT molecular complexity index is 942. The van der Waals surface area contributed by atoms with Gasteiger partial charge in [-0.25, -0.2) is 13.4 Å². The van der Waals surface area contributed by atoms with Crippen LogP contribution >= 0.6 is 34.5 Å². The van der Waals surface area contributed by atoms with E-state index in [9.17, 15) is 8.42 Å². The fourth-order valence-electron chi connectivity index (χ4n) is 1.98. The largest absolute Gasteiger partial charge is 0.280 e. The van der Waals surface area contributed by atoms with E-state index in [1.807, 2.05) is 11.4 Å². The second-order valence-electron chi connectivity index (χ2n) is 4.58. The van der Waals surface area contributed by atoms with E-state index in [1.165, 1.54) is 29.5 Å². The molecule has 0 spiro atoms. The highest BCUT2D eigenvalue weighted by Gasteiger charge is 2.19. The van der Waals surface area contributed by atoms with Crippen LogP contribution in [0.4, 0.5) is 5.69 Å². The number of sulfonamides is 1. The fraction of sp³-hybridized carbons (Fsp3) is 0. The lowest BCUT2D eigenvalue weighted by Gasteiger charge is -2.11. The number of hydrogen-bond acceptors (Lipinski definition) is 4. The summed E-state index contributed by atoms with van der Waals surface area (Å²) in [6.45, 7) is 0. The zero-order valence-electron chi connectivity index (χ0n) is 11.5. The molecule has 0 atom stereocenters. The number of rotatable bonds is 4. The minimum atomic E-state index is -3.84. The van der Waals surface area contributed by atoms with E-state index in [0.29, 0.717) is 5.69 Å². The Labute approximate surface area is 147 Å². The van der Waals surface area contributed by atoms with Crippen molar-refractivity contribution in [3.8, 4) is 10.6 Å². The van der Waals surface area contributed by atoms with Crippen LogP contribution < -0.4 is 4.72 Å². The molecule has 4 nitrogen and oxygen atoms in total. The third kappa shape index (κ3) is 3.50. The molecule has 0 saturated heterocycles. The molecule has 0 unspecified atom stereocenters. The first-order valence-corrected chi connectivity index (χ1v) is 9.56. The van der Waals surface area contributed by atoms with Crippen LogP contribution in [0.1, 0.15) is 0 Å². The van der Waals surface area contributed by atoms with E-state index in [4.69, 9.17) is 23.2 Å². The van der Waals surface area contributed by atoms with Crippen LogP contribution in [-0.4, -0.2) is 13.4 Å². The third-order valence-corrected chi connectivity index (χ3v) is 6.18. The Balaban J connectivity index is 1.95. The molecule has 0 bridgehead atoms. The summed E-state index contributed by atoms with van der Waals surface area (Å²) in [4.78, 5) is 4.15. The van der Waals surface area contributed by atoms with Gasteiger partial charge in [-0.2, -0.15) is 0 Å². The van der Waals surface area contributed by atoms with E-state index in [2.05, 4.69) is 9.71 Å². The Morgan fingerprint density at radius 3 is 2.61 bits per heavy atom. The number of nitrogens with zero attached hydrogens (tertiary/aromatic N) is 1. The molecule has 0 aliphatic carbocycles. The lowest BCUT2D eigenvalue weighted by Crippen LogP contribution is -2.13. The Kier molecular flexibility index (Phi) is 4.59. The molecule has 0 aliphatic heterocycles. The number of anilines is 1. The lowest BCUT2D eigenvalue weighted by atomic mass is 10.2. The Morgan fingerprint density at radius 2 is 1.87 bits per heavy atom. The van der Waals surface area contributed by atoms with Crippen molar-refractivity contribution < 1.29 is 8.42 Å². The van der Waals surface area contributed by atoms with Crippen LogP contribution in [-0.2, 0) is 10.0 Å². The first kappa shape index (κ1) is 16.3. The predicted octanol–water partition coefficient (Wildman–Crippen LogP) is 4.92. The molecular weight excluding hydrogens is 375 g/mol. The van der Waals surface area contributed by atoms with Crippen LogP contribution in [0.2, 0.25) is 10.0 Å². The quantitative estimate of drug-likeness (QED) is 0.694. The van der Waals surface area contributed by atoms with Crippen LogP contribution in [0.25, 0.3) is 10.6 Å². The number of halogens is 2. The minimum Gasteiger partial charge on any atom is -0.280 e. The van der Waals surface area contributed by atoms with Gasteiger partial charge in [-0.3, -0.25) is 4.72 Å². The molecule has 2 aromatic carbocycles. The summed E-state index contributed by atoms with van der Waals surface area (Å²) in [5.74, 6) is 0. The van der Waals surface area contributed by atoms with Crippen molar-refractivity contribution in [2.75, 3.05) is 4.72 Å². The molecule has 1 aromatic heterocycles. The molecule has 8 heteroatoms. The maximum atomic E-state index is 12.5. The van der Waals surface area contributed by atoms with Gasteiger partial charge in [0.2, 0.25) is 0 Å². The second-order valence-corrected chi connectivity index (χ2v) is 7.91. The highest BCUT2D eigenvalue weighted by atomic mass is 35.5. The van der Waals surface area contributed by atoms with Gasteiger partial charge < -0.3 is 0 Å². The lowest BCUT2D eigenvalue weighted by molar-refractivity contribution is 0.601. The monoisotopic (exact) mass is 384 g/mol. The fourth-order valence-corrected chi connectivity index (χ4v) is 4.43. The van der Waals surface area contributed by atoms with Gasteiger partial charge in [-0.15, -0.1) is 11.3 Å². The highest BCUT2D eigenvalue weighted by Crippen LogP contribution is 2.31. The van der Waals surface area contributed by atoms with Crippen molar-refractivity contribution in [2.24, 2.45) is 0 Å². The van der Waals surface area contributed by atoms with Gasteiger partial charge in [0.15, 0.2) is 0 Å². The van der Waals surface area contributed by atoms with E-state index in [0.717, 1.165) is 10.6 Å². The van der Waals surface area contributed by atoms with Crippen molar-refractivity contribution in [2.45, 2.75) is 4.90 Å². The van der Waals surface area contributed by atoms with Crippen molar-refractivity contribution >= 4 is 50.2 Å². The topological polar surface area (TPSA) is 59.1 Å². The van der Waals surface area contributed by atoms with Gasteiger partial charge in [-0.1, -0.05) is 41.4 Å². The van der Waals surface area contributed by atoms with E-state index in [1.54, 1.807) is 24.4 Å². The molecule has 3 aromatic rings. The third-order valence-electron chi connectivity index (χ3n) is 3.00. The minimum absolute atomic E-state index is 0.00209. The summed E-state index contributed by atoms with van der Waals surface area (Å²) >= 11 is 13.4. The number of nitrogens with one attached hydrogen (secondary N) is 1.